The Hall–Kier alpha value is -1.71. The Balaban J connectivity index is 1.63. The fourth-order valence-electron chi connectivity index (χ4n) is 10.6. The number of ketones is 2. The van der Waals surface area contributed by atoms with Crippen LogP contribution in [0.5, 0.6) is 0 Å². The topological polar surface area (TPSA) is 60.4 Å². The van der Waals surface area contributed by atoms with Gasteiger partial charge in [-0.25, -0.2) is 0 Å². The van der Waals surface area contributed by atoms with Crippen LogP contribution >= 0.6 is 0 Å². The molecule has 0 aromatic rings. The van der Waals surface area contributed by atoms with Gasteiger partial charge in [-0.2, -0.15) is 0 Å². The van der Waals surface area contributed by atoms with Crippen LogP contribution in [0.1, 0.15) is 99.8 Å². The molecule has 0 heterocycles. The maximum absolute atomic E-state index is 14.3. The first-order valence-electron chi connectivity index (χ1n) is 14.1. The van der Waals surface area contributed by atoms with Gasteiger partial charge in [-0.3, -0.25) is 14.4 Å². The molecule has 5 rings (SSSR count). The third kappa shape index (κ3) is 2.96. The molecule has 0 unspecified atom stereocenters. The predicted molar refractivity (Wildman–Crippen MR) is 141 cm³/mol. The number of esters is 1. The number of Topliss-reactive ketones (excluding diaryl/α,β-unsaturated/α-hetero) is 1. The molecule has 0 aromatic heterocycles. The van der Waals surface area contributed by atoms with Crippen LogP contribution in [0.25, 0.3) is 0 Å². The number of hydrogen-bond acceptors (Lipinski definition) is 4. The molecule has 0 spiro atoms. The van der Waals surface area contributed by atoms with Crippen molar-refractivity contribution in [2.45, 2.75) is 99.8 Å². The summed E-state index contributed by atoms with van der Waals surface area (Å²) in [6.07, 6.45) is 9.34. The lowest BCUT2D eigenvalue weighted by Crippen LogP contribution is -2.66. The van der Waals surface area contributed by atoms with Crippen molar-refractivity contribution in [1.29, 1.82) is 0 Å². The van der Waals surface area contributed by atoms with Crippen LogP contribution < -0.4 is 0 Å². The fraction of sp³-hybridized carbons (Fsp3) is 0.781. The molecule has 4 fully saturated rings. The first kappa shape index (κ1) is 25.9. The third-order valence-corrected chi connectivity index (χ3v) is 12.9. The molecule has 4 heteroatoms. The van der Waals surface area contributed by atoms with Gasteiger partial charge in [0.2, 0.25) is 0 Å². The molecule has 0 N–H and O–H groups in total. The first-order chi connectivity index (χ1) is 16.5. The van der Waals surface area contributed by atoms with Crippen LogP contribution in [0.15, 0.2) is 23.8 Å². The summed E-state index contributed by atoms with van der Waals surface area (Å²) in [4.78, 5) is 40.3. The van der Waals surface area contributed by atoms with E-state index < -0.39 is 10.8 Å². The summed E-state index contributed by atoms with van der Waals surface area (Å²) < 4.78 is 5.24. The fourth-order valence-corrected chi connectivity index (χ4v) is 10.6. The SMILES string of the molecule is C=C1C[C@]2(C)[C@H]3C(=O)C=C4[C@@H]5C[C@@](C)(C(=O)OC)CC[C@]5(C)CC[C@@]4(C)[C@]3(C)CC[C@H]2C(C)(C)C1=O. The van der Waals surface area contributed by atoms with E-state index in [9.17, 15) is 14.4 Å². The molecule has 0 aliphatic heterocycles. The number of rotatable bonds is 1. The molecule has 0 saturated heterocycles. The van der Waals surface area contributed by atoms with Gasteiger partial charge in [0.25, 0.3) is 0 Å². The Morgan fingerprint density at radius 1 is 0.972 bits per heavy atom. The van der Waals surface area contributed by atoms with Gasteiger partial charge in [-0.1, -0.05) is 53.7 Å². The minimum atomic E-state index is -0.506. The Bertz CT molecular complexity index is 1100. The highest BCUT2D eigenvalue weighted by atomic mass is 16.5. The monoisotopic (exact) mass is 494 g/mol. The van der Waals surface area contributed by atoms with Gasteiger partial charge >= 0.3 is 5.97 Å². The zero-order valence-electron chi connectivity index (χ0n) is 23.8. The number of hydrogen-bond donors (Lipinski definition) is 0. The summed E-state index contributed by atoms with van der Waals surface area (Å²) in [5.74, 6) is 0.558. The molecule has 0 aromatic carbocycles. The van der Waals surface area contributed by atoms with Crippen molar-refractivity contribution in [2.75, 3.05) is 7.11 Å². The summed E-state index contributed by atoms with van der Waals surface area (Å²) in [7, 11) is 1.49. The minimum absolute atomic E-state index is 0.106. The van der Waals surface area contributed by atoms with Gasteiger partial charge in [0.1, 0.15) is 0 Å². The second kappa shape index (κ2) is 7.44. The lowest BCUT2D eigenvalue weighted by atomic mass is 9.33. The van der Waals surface area contributed by atoms with Crippen LogP contribution in [-0.4, -0.2) is 24.6 Å². The average molecular weight is 495 g/mol. The molecular weight excluding hydrogens is 448 g/mol. The van der Waals surface area contributed by atoms with Gasteiger partial charge in [0, 0.05) is 11.3 Å². The van der Waals surface area contributed by atoms with Crippen molar-refractivity contribution in [3.05, 3.63) is 23.8 Å². The average Bonchev–Trinajstić information content (AvgIpc) is 2.79. The molecule has 5 aliphatic carbocycles. The molecule has 36 heavy (non-hydrogen) atoms. The highest BCUT2D eigenvalue weighted by Gasteiger charge is 2.70. The zero-order valence-corrected chi connectivity index (χ0v) is 23.8. The van der Waals surface area contributed by atoms with Crippen molar-refractivity contribution in [3.8, 4) is 0 Å². The van der Waals surface area contributed by atoms with E-state index >= 15 is 0 Å². The van der Waals surface area contributed by atoms with Gasteiger partial charge in [-0.15, -0.1) is 0 Å². The summed E-state index contributed by atoms with van der Waals surface area (Å²) in [6.45, 7) is 19.8. The Morgan fingerprint density at radius 3 is 2.25 bits per heavy atom. The van der Waals surface area contributed by atoms with E-state index in [1.54, 1.807) is 0 Å². The number of carbonyl (C=O) groups excluding carboxylic acids is 3. The van der Waals surface area contributed by atoms with Crippen molar-refractivity contribution >= 4 is 17.5 Å². The highest BCUT2D eigenvalue weighted by Crippen LogP contribution is 2.75. The largest absolute Gasteiger partial charge is 0.469 e. The van der Waals surface area contributed by atoms with Crippen LogP contribution in [0.4, 0.5) is 0 Å². The normalized spacial score (nSPS) is 49.7. The quantitative estimate of drug-likeness (QED) is 0.295. The van der Waals surface area contributed by atoms with Crippen molar-refractivity contribution in [3.63, 3.8) is 0 Å². The Morgan fingerprint density at radius 2 is 1.61 bits per heavy atom. The minimum Gasteiger partial charge on any atom is -0.469 e. The van der Waals surface area contributed by atoms with Gasteiger partial charge in [0.05, 0.1) is 12.5 Å². The molecule has 198 valence electrons. The van der Waals surface area contributed by atoms with E-state index in [4.69, 9.17) is 4.74 Å². The van der Waals surface area contributed by atoms with E-state index in [1.165, 1.54) is 12.7 Å². The summed E-state index contributed by atoms with van der Waals surface area (Å²) in [6, 6.07) is 0. The predicted octanol–water partition coefficient (Wildman–Crippen LogP) is 6.88. The maximum atomic E-state index is 14.3. The summed E-state index contributed by atoms with van der Waals surface area (Å²) in [5.41, 5.74) is 0.521. The maximum Gasteiger partial charge on any atom is 0.311 e. The number of methoxy groups -OCH3 is 1. The van der Waals surface area contributed by atoms with E-state index in [1.807, 2.05) is 6.08 Å². The number of fused-ring (bicyclic) bond motifs is 7. The molecule has 0 radical (unpaired) electrons. The number of carbonyl (C=O) groups is 3. The molecule has 0 amide bonds. The van der Waals surface area contributed by atoms with Crippen molar-refractivity contribution in [2.24, 2.45) is 50.2 Å². The third-order valence-electron chi connectivity index (χ3n) is 12.9. The number of ether oxygens (including phenoxy) is 1. The lowest BCUT2D eigenvalue weighted by Gasteiger charge is -2.70. The van der Waals surface area contributed by atoms with E-state index in [2.05, 4.69) is 55.0 Å². The summed E-state index contributed by atoms with van der Waals surface area (Å²) >= 11 is 0. The zero-order chi connectivity index (χ0) is 26.7. The van der Waals surface area contributed by atoms with Crippen LogP contribution in [0, 0.1) is 50.2 Å². The lowest BCUT2D eigenvalue weighted by molar-refractivity contribution is -0.183. The molecule has 4 saturated carbocycles. The van der Waals surface area contributed by atoms with E-state index in [0.717, 1.165) is 44.9 Å². The Kier molecular flexibility index (Phi) is 5.36. The van der Waals surface area contributed by atoms with Crippen LogP contribution in [-0.2, 0) is 19.1 Å². The molecule has 8 atom stereocenters. The smallest absolute Gasteiger partial charge is 0.311 e. The number of allylic oxidation sites excluding steroid dienone is 3. The molecule has 5 aliphatic rings. The molecule has 4 nitrogen and oxygen atoms in total. The van der Waals surface area contributed by atoms with Gasteiger partial charge < -0.3 is 4.74 Å². The standard InChI is InChI=1S/C32H46O4/c1-19-17-30(6)23(27(2,3)25(19)34)10-11-32(8)24(30)22(33)16-20-21-18-29(5,26(35)36-9)13-12-28(21,4)14-15-31(20,32)7/h16,21,23-24H,1,10-15,17-18H2,2-9H3/t21-,23-,24+,28+,29-,30-,31+,32+/m0/s1. The van der Waals surface area contributed by atoms with E-state index in [0.29, 0.717) is 12.0 Å². The van der Waals surface area contributed by atoms with E-state index in [-0.39, 0.29) is 56.9 Å². The summed E-state index contributed by atoms with van der Waals surface area (Å²) in [5, 5.41) is 0. The van der Waals surface area contributed by atoms with Crippen molar-refractivity contribution in [1.82, 2.24) is 0 Å². The second-order valence-electron chi connectivity index (χ2n) is 15.1. The van der Waals surface area contributed by atoms with Gasteiger partial charge in [-0.05, 0) is 103 Å². The van der Waals surface area contributed by atoms with Crippen LogP contribution in [0.2, 0.25) is 0 Å². The van der Waals surface area contributed by atoms with Crippen LogP contribution in [0.3, 0.4) is 0 Å². The Labute approximate surface area is 217 Å². The van der Waals surface area contributed by atoms with Gasteiger partial charge in [0.15, 0.2) is 11.6 Å². The first-order valence-corrected chi connectivity index (χ1v) is 14.1. The molecular formula is C32H46O4. The molecule has 0 bridgehead atoms. The highest BCUT2D eigenvalue weighted by molar-refractivity contribution is 6.01. The second-order valence-corrected chi connectivity index (χ2v) is 15.1. The van der Waals surface area contributed by atoms with Crippen molar-refractivity contribution < 1.29 is 19.1 Å².